The molecule has 2 heterocycles. The zero-order chi connectivity index (χ0) is 10.7. The first-order valence-electron chi connectivity index (χ1n) is 5.78. The number of likely N-dealkylation sites (N-methyl/N-ethyl adjacent to an activating group) is 1. The molecule has 0 spiro atoms. The van der Waals surface area contributed by atoms with Gasteiger partial charge in [-0.2, -0.15) is 0 Å². The largest absolute Gasteiger partial charge is 0.341 e. The summed E-state index contributed by atoms with van der Waals surface area (Å²) in [6, 6.07) is 0.622. The van der Waals surface area contributed by atoms with E-state index in [9.17, 15) is 0 Å². The van der Waals surface area contributed by atoms with Crippen LogP contribution in [0.5, 0.6) is 0 Å². The van der Waals surface area contributed by atoms with Gasteiger partial charge in [0.2, 0.25) is 5.95 Å². The second kappa shape index (κ2) is 4.66. The van der Waals surface area contributed by atoms with Crippen LogP contribution in [0.3, 0.4) is 0 Å². The fourth-order valence-corrected chi connectivity index (χ4v) is 2.18. The van der Waals surface area contributed by atoms with Gasteiger partial charge < -0.3 is 14.8 Å². The highest BCUT2D eigenvalue weighted by Crippen LogP contribution is 2.18. The Morgan fingerprint density at radius 3 is 3.13 bits per heavy atom. The van der Waals surface area contributed by atoms with E-state index in [1.165, 1.54) is 6.42 Å². The number of anilines is 1. The van der Waals surface area contributed by atoms with E-state index in [4.69, 9.17) is 0 Å². The summed E-state index contributed by atoms with van der Waals surface area (Å²) in [5, 5.41) is 3.33. The van der Waals surface area contributed by atoms with E-state index in [-0.39, 0.29) is 0 Å². The maximum absolute atomic E-state index is 4.45. The molecule has 4 heteroatoms. The lowest BCUT2D eigenvalue weighted by atomic mass is 10.3. The predicted octanol–water partition coefficient (Wildman–Crippen LogP) is 1.09. The van der Waals surface area contributed by atoms with Crippen molar-refractivity contribution >= 4 is 5.95 Å². The van der Waals surface area contributed by atoms with Gasteiger partial charge in [-0.15, -0.1) is 0 Å². The summed E-state index contributed by atoms with van der Waals surface area (Å²) in [5.41, 5.74) is 0. The van der Waals surface area contributed by atoms with Crippen LogP contribution in [0.15, 0.2) is 12.4 Å². The molecule has 0 radical (unpaired) electrons. The van der Waals surface area contributed by atoms with Crippen molar-refractivity contribution in [3.63, 3.8) is 0 Å². The van der Waals surface area contributed by atoms with Crippen molar-refractivity contribution in [3.8, 4) is 0 Å². The van der Waals surface area contributed by atoms with Gasteiger partial charge in [-0.25, -0.2) is 4.98 Å². The molecule has 0 aliphatic carbocycles. The summed E-state index contributed by atoms with van der Waals surface area (Å²) in [7, 11) is 2.03. The molecule has 15 heavy (non-hydrogen) atoms. The van der Waals surface area contributed by atoms with Crippen molar-refractivity contribution in [3.05, 3.63) is 12.4 Å². The first-order chi connectivity index (χ1) is 7.35. The van der Waals surface area contributed by atoms with Crippen molar-refractivity contribution in [2.75, 3.05) is 25.0 Å². The van der Waals surface area contributed by atoms with Crippen molar-refractivity contribution in [2.24, 2.45) is 0 Å². The number of rotatable bonds is 4. The van der Waals surface area contributed by atoms with Gasteiger partial charge in [-0.1, -0.05) is 6.92 Å². The molecule has 1 unspecified atom stereocenters. The molecular weight excluding hydrogens is 188 g/mol. The normalized spacial score (nSPS) is 21.2. The van der Waals surface area contributed by atoms with E-state index < -0.39 is 0 Å². The molecule has 1 N–H and O–H groups in total. The minimum Gasteiger partial charge on any atom is -0.341 e. The van der Waals surface area contributed by atoms with Gasteiger partial charge in [0.15, 0.2) is 0 Å². The number of imidazole rings is 1. The summed E-state index contributed by atoms with van der Waals surface area (Å²) >= 11 is 0. The molecule has 1 aliphatic rings. The van der Waals surface area contributed by atoms with Crippen LogP contribution < -0.4 is 10.2 Å². The Kier molecular flexibility index (Phi) is 3.26. The number of hydrogen-bond acceptors (Lipinski definition) is 3. The Morgan fingerprint density at radius 2 is 2.47 bits per heavy atom. The average molecular weight is 208 g/mol. The fourth-order valence-electron chi connectivity index (χ4n) is 2.18. The van der Waals surface area contributed by atoms with E-state index in [1.54, 1.807) is 0 Å². The Bertz CT molecular complexity index is 307. The number of hydrogen-bond donors (Lipinski definition) is 1. The van der Waals surface area contributed by atoms with Crippen LogP contribution in [0.1, 0.15) is 19.8 Å². The van der Waals surface area contributed by atoms with E-state index in [0.29, 0.717) is 6.04 Å². The smallest absolute Gasteiger partial charge is 0.205 e. The summed E-state index contributed by atoms with van der Waals surface area (Å²) in [6.07, 6.45) is 6.35. The molecule has 1 aromatic heterocycles. The van der Waals surface area contributed by atoms with Gasteiger partial charge in [0.25, 0.3) is 0 Å². The van der Waals surface area contributed by atoms with Crippen LogP contribution >= 0.6 is 0 Å². The molecular formula is C11H20N4. The van der Waals surface area contributed by atoms with Crippen molar-refractivity contribution in [1.29, 1.82) is 0 Å². The van der Waals surface area contributed by atoms with Crippen molar-refractivity contribution < 1.29 is 0 Å². The van der Waals surface area contributed by atoms with Crippen LogP contribution in [0, 0.1) is 0 Å². The highest BCUT2D eigenvalue weighted by atomic mass is 15.3. The first-order valence-corrected chi connectivity index (χ1v) is 5.78. The SMILES string of the molecule is CCCn1ccnc1N1CCC(NC)C1. The summed E-state index contributed by atoms with van der Waals surface area (Å²) in [5.74, 6) is 1.13. The molecule has 1 aromatic rings. The molecule has 1 atom stereocenters. The molecule has 1 saturated heterocycles. The van der Waals surface area contributed by atoms with Crippen LogP contribution in [-0.4, -0.2) is 35.7 Å². The second-order valence-corrected chi connectivity index (χ2v) is 4.14. The fraction of sp³-hybridized carbons (Fsp3) is 0.727. The molecule has 84 valence electrons. The zero-order valence-corrected chi connectivity index (χ0v) is 9.61. The molecule has 2 rings (SSSR count). The molecule has 0 saturated carbocycles. The lowest BCUT2D eigenvalue weighted by Gasteiger charge is -2.18. The molecule has 4 nitrogen and oxygen atoms in total. The number of aromatic nitrogens is 2. The standard InChI is InChI=1S/C11H20N4/c1-3-6-14-8-5-13-11(14)15-7-4-10(9-15)12-2/h5,8,10,12H,3-4,6-7,9H2,1-2H3. The number of aryl methyl sites for hydroxylation is 1. The highest BCUT2D eigenvalue weighted by Gasteiger charge is 2.23. The minimum atomic E-state index is 0.622. The third-order valence-electron chi connectivity index (χ3n) is 3.04. The van der Waals surface area contributed by atoms with Crippen molar-refractivity contribution in [1.82, 2.24) is 14.9 Å². The Balaban J connectivity index is 2.06. The van der Waals surface area contributed by atoms with E-state index in [0.717, 1.165) is 32.0 Å². The van der Waals surface area contributed by atoms with Crippen LogP contribution in [-0.2, 0) is 6.54 Å². The summed E-state index contributed by atoms with van der Waals surface area (Å²) < 4.78 is 2.25. The maximum atomic E-state index is 4.45. The van der Waals surface area contributed by atoms with Crippen LogP contribution in [0.4, 0.5) is 5.95 Å². The van der Waals surface area contributed by atoms with Gasteiger partial charge in [0.05, 0.1) is 0 Å². The number of nitrogens with one attached hydrogen (secondary N) is 1. The highest BCUT2D eigenvalue weighted by molar-refractivity contribution is 5.33. The lowest BCUT2D eigenvalue weighted by molar-refractivity contribution is 0.612. The van der Waals surface area contributed by atoms with Gasteiger partial charge in [0, 0.05) is 38.1 Å². The Labute approximate surface area is 91.3 Å². The Morgan fingerprint density at radius 1 is 1.60 bits per heavy atom. The van der Waals surface area contributed by atoms with E-state index in [1.807, 2.05) is 13.2 Å². The molecule has 0 bridgehead atoms. The first kappa shape index (κ1) is 10.5. The van der Waals surface area contributed by atoms with Gasteiger partial charge in [0.1, 0.15) is 0 Å². The van der Waals surface area contributed by atoms with Gasteiger partial charge in [-0.3, -0.25) is 0 Å². The monoisotopic (exact) mass is 208 g/mol. The topological polar surface area (TPSA) is 33.1 Å². The van der Waals surface area contributed by atoms with E-state index in [2.05, 4.69) is 32.9 Å². The molecule has 0 aromatic carbocycles. The quantitative estimate of drug-likeness (QED) is 0.804. The van der Waals surface area contributed by atoms with Crippen molar-refractivity contribution in [2.45, 2.75) is 32.4 Å². The van der Waals surface area contributed by atoms with Gasteiger partial charge >= 0.3 is 0 Å². The third kappa shape index (κ3) is 2.15. The van der Waals surface area contributed by atoms with Gasteiger partial charge in [-0.05, 0) is 19.9 Å². The summed E-state index contributed by atoms with van der Waals surface area (Å²) in [6.45, 7) is 5.46. The minimum absolute atomic E-state index is 0.622. The van der Waals surface area contributed by atoms with Crippen LogP contribution in [0.25, 0.3) is 0 Å². The molecule has 0 amide bonds. The Hall–Kier alpha value is -1.03. The maximum Gasteiger partial charge on any atom is 0.205 e. The second-order valence-electron chi connectivity index (χ2n) is 4.14. The zero-order valence-electron chi connectivity index (χ0n) is 9.61. The molecule has 1 fully saturated rings. The lowest BCUT2D eigenvalue weighted by Crippen LogP contribution is -2.30. The van der Waals surface area contributed by atoms with E-state index >= 15 is 0 Å². The van der Waals surface area contributed by atoms with Crippen LogP contribution in [0.2, 0.25) is 0 Å². The average Bonchev–Trinajstić information content (AvgIpc) is 2.85. The number of nitrogens with zero attached hydrogens (tertiary/aromatic N) is 3. The predicted molar refractivity (Wildman–Crippen MR) is 62.2 cm³/mol. The summed E-state index contributed by atoms with van der Waals surface area (Å²) in [4.78, 5) is 6.82. The third-order valence-corrected chi connectivity index (χ3v) is 3.04. The molecule has 1 aliphatic heterocycles.